The number of carbonyl (C=O) groups is 1. The van der Waals surface area contributed by atoms with Gasteiger partial charge >= 0.3 is 0 Å². The molecule has 1 aromatic rings. The highest BCUT2D eigenvalue weighted by Crippen LogP contribution is 2.47. The molecule has 0 heterocycles. The molecule has 2 bridgehead atoms. The normalized spacial score (nSPS) is 28.6. The molecule has 2 saturated carbocycles. The van der Waals surface area contributed by atoms with E-state index in [1.54, 1.807) is 6.07 Å². The van der Waals surface area contributed by atoms with Crippen molar-refractivity contribution < 1.29 is 4.79 Å². The summed E-state index contributed by atoms with van der Waals surface area (Å²) >= 11 is 0. The second-order valence-corrected chi connectivity index (χ2v) is 6.22. The average molecular weight is 258 g/mol. The van der Waals surface area contributed by atoms with Gasteiger partial charge in [-0.15, -0.1) is 0 Å². The van der Waals surface area contributed by atoms with Crippen molar-refractivity contribution in [2.75, 3.05) is 12.3 Å². The van der Waals surface area contributed by atoms with Crippen LogP contribution < -0.4 is 11.1 Å². The first-order valence-electron chi connectivity index (χ1n) is 7.28. The maximum atomic E-state index is 12.1. The minimum atomic E-state index is 0.00877. The number of rotatable bonds is 3. The van der Waals surface area contributed by atoms with Crippen molar-refractivity contribution in [1.29, 1.82) is 0 Å². The van der Waals surface area contributed by atoms with Gasteiger partial charge in [0.1, 0.15) is 0 Å². The monoisotopic (exact) mass is 258 g/mol. The Morgan fingerprint density at radius 2 is 2.21 bits per heavy atom. The van der Waals surface area contributed by atoms with Crippen molar-refractivity contribution in [1.82, 2.24) is 5.32 Å². The lowest BCUT2D eigenvalue weighted by Gasteiger charge is -2.21. The maximum Gasteiger partial charge on any atom is 0.251 e. The van der Waals surface area contributed by atoms with E-state index in [1.807, 2.05) is 19.1 Å². The van der Waals surface area contributed by atoms with Crippen LogP contribution in [0.4, 0.5) is 5.69 Å². The quantitative estimate of drug-likeness (QED) is 0.819. The Balaban J connectivity index is 1.57. The molecule has 2 aliphatic rings. The van der Waals surface area contributed by atoms with Crippen LogP contribution >= 0.6 is 0 Å². The summed E-state index contributed by atoms with van der Waals surface area (Å²) < 4.78 is 0. The number of hydrogen-bond acceptors (Lipinski definition) is 2. The molecule has 0 aromatic heterocycles. The van der Waals surface area contributed by atoms with Crippen molar-refractivity contribution in [2.24, 2.45) is 17.8 Å². The van der Waals surface area contributed by atoms with Crippen molar-refractivity contribution in [3.63, 3.8) is 0 Å². The second kappa shape index (κ2) is 4.87. The Morgan fingerprint density at radius 3 is 2.84 bits per heavy atom. The van der Waals surface area contributed by atoms with E-state index in [9.17, 15) is 4.79 Å². The first kappa shape index (κ1) is 12.5. The summed E-state index contributed by atoms with van der Waals surface area (Å²) in [6, 6.07) is 5.52. The van der Waals surface area contributed by atoms with Gasteiger partial charge in [-0.2, -0.15) is 0 Å². The molecule has 19 heavy (non-hydrogen) atoms. The van der Waals surface area contributed by atoms with Crippen LogP contribution in [0.5, 0.6) is 0 Å². The number of fused-ring (bicyclic) bond motifs is 2. The van der Waals surface area contributed by atoms with Gasteiger partial charge in [0.15, 0.2) is 0 Å². The van der Waals surface area contributed by atoms with Gasteiger partial charge in [0, 0.05) is 17.8 Å². The highest BCUT2D eigenvalue weighted by atomic mass is 16.1. The van der Waals surface area contributed by atoms with E-state index in [-0.39, 0.29) is 5.91 Å². The third kappa shape index (κ3) is 2.46. The molecule has 3 rings (SSSR count). The van der Waals surface area contributed by atoms with E-state index in [2.05, 4.69) is 5.32 Å². The molecule has 102 valence electrons. The molecular weight excluding hydrogens is 236 g/mol. The van der Waals surface area contributed by atoms with Crippen LogP contribution in [0.2, 0.25) is 0 Å². The van der Waals surface area contributed by atoms with Crippen LogP contribution in [0.3, 0.4) is 0 Å². The first-order valence-corrected chi connectivity index (χ1v) is 7.28. The zero-order valence-corrected chi connectivity index (χ0v) is 11.5. The number of anilines is 1. The number of nitrogen functional groups attached to an aromatic ring is 1. The van der Waals surface area contributed by atoms with Crippen molar-refractivity contribution in [2.45, 2.75) is 32.6 Å². The van der Waals surface area contributed by atoms with Gasteiger partial charge in [0.2, 0.25) is 0 Å². The molecule has 3 atom stereocenters. The molecule has 0 spiro atoms. The maximum absolute atomic E-state index is 12.1. The van der Waals surface area contributed by atoms with E-state index >= 15 is 0 Å². The largest absolute Gasteiger partial charge is 0.398 e. The Labute approximate surface area is 114 Å². The van der Waals surface area contributed by atoms with Crippen molar-refractivity contribution in [3.8, 4) is 0 Å². The van der Waals surface area contributed by atoms with Gasteiger partial charge in [-0.1, -0.05) is 12.5 Å². The van der Waals surface area contributed by atoms with Crippen LogP contribution in [0, 0.1) is 24.7 Å². The lowest BCUT2D eigenvalue weighted by atomic mass is 9.89. The Bertz CT molecular complexity index is 498. The molecular formula is C16H22N2O. The Hall–Kier alpha value is -1.51. The predicted octanol–water partition coefficient (Wildman–Crippen LogP) is 2.74. The van der Waals surface area contributed by atoms with Crippen molar-refractivity contribution in [3.05, 3.63) is 29.3 Å². The highest BCUT2D eigenvalue weighted by molar-refractivity contribution is 5.95. The van der Waals surface area contributed by atoms with Crippen LogP contribution in [0.1, 0.15) is 41.6 Å². The van der Waals surface area contributed by atoms with Crippen molar-refractivity contribution >= 4 is 11.6 Å². The van der Waals surface area contributed by atoms with Gasteiger partial charge in [-0.25, -0.2) is 0 Å². The van der Waals surface area contributed by atoms with Gasteiger partial charge in [0.25, 0.3) is 5.91 Å². The summed E-state index contributed by atoms with van der Waals surface area (Å²) in [5.74, 6) is 2.50. The summed E-state index contributed by atoms with van der Waals surface area (Å²) in [5.41, 5.74) is 8.22. The third-order valence-corrected chi connectivity index (χ3v) is 4.95. The molecule has 2 fully saturated rings. The minimum Gasteiger partial charge on any atom is -0.398 e. The molecule has 3 heteroatoms. The summed E-state index contributed by atoms with van der Waals surface area (Å²) in [6.45, 7) is 2.78. The first-order chi connectivity index (χ1) is 9.13. The molecule has 0 radical (unpaired) electrons. The fourth-order valence-corrected chi connectivity index (χ4v) is 3.73. The Kier molecular flexibility index (Phi) is 3.21. The lowest BCUT2D eigenvalue weighted by molar-refractivity contribution is 0.0942. The van der Waals surface area contributed by atoms with E-state index in [0.29, 0.717) is 17.2 Å². The summed E-state index contributed by atoms with van der Waals surface area (Å²) in [5, 5.41) is 3.08. The topological polar surface area (TPSA) is 55.1 Å². The van der Waals surface area contributed by atoms with Crippen LogP contribution in [0.15, 0.2) is 18.2 Å². The van der Waals surface area contributed by atoms with Crippen LogP contribution in [0.25, 0.3) is 0 Å². The van der Waals surface area contributed by atoms with Crippen LogP contribution in [-0.2, 0) is 0 Å². The van der Waals surface area contributed by atoms with E-state index in [1.165, 1.54) is 25.7 Å². The predicted molar refractivity (Wildman–Crippen MR) is 76.9 cm³/mol. The fourth-order valence-electron chi connectivity index (χ4n) is 3.73. The summed E-state index contributed by atoms with van der Waals surface area (Å²) in [6.07, 6.45) is 5.46. The third-order valence-electron chi connectivity index (χ3n) is 4.95. The molecule has 1 aromatic carbocycles. The number of carbonyl (C=O) groups excluding carboxylic acids is 1. The Morgan fingerprint density at radius 1 is 1.37 bits per heavy atom. The highest BCUT2D eigenvalue weighted by Gasteiger charge is 2.39. The lowest BCUT2D eigenvalue weighted by Crippen LogP contribution is -2.31. The molecule has 0 aliphatic heterocycles. The molecule has 3 unspecified atom stereocenters. The number of nitrogens with one attached hydrogen (secondary N) is 1. The van der Waals surface area contributed by atoms with E-state index in [4.69, 9.17) is 5.73 Å². The standard InChI is InChI=1S/C16H22N2O/c1-10-2-4-13(8-15(10)17)16(19)18-9-14-7-11-3-5-12(14)6-11/h2,4,8,11-12,14H,3,5-7,9,17H2,1H3,(H,18,19). The molecule has 3 nitrogen and oxygen atoms in total. The zero-order chi connectivity index (χ0) is 13.4. The van der Waals surface area contributed by atoms with E-state index < -0.39 is 0 Å². The van der Waals surface area contributed by atoms with Gasteiger partial charge in [0.05, 0.1) is 0 Å². The van der Waals surface area contributed by atoms with Gasteiger partial charge < -0.3 is 11.1 Å². The van der Waals surface area contributed by atoms with E-state index in [0.717, 1.165) is 23.9 Å². The number of hydrogen-bond donors (Lipinski definition) is 2. The van der Waals surface area contributed by atoms with Gasteiger partial charge in [-0.3, -0.25) is 4.79 Å². The number of nitrogens with two attached hydrogens (primary N) is 1. The number of aryl methyl sites for hydroxylation is 1. The second-order valence-electron chi connectivity index (χ2n) is 6.22. The zero-order valence-electron chi connectivity index (χ0n) is 11.5. The summed E-state index contributed by atoms with van der Waals surface area (Å²) in [4.78, 5) is 12.1. The van der Waals surface area contributed by atoms with Crippen LogP contribution in [-0.4, -0.2) is 12.5 Å². The molecule has 0 saturated heterocycles. The summed E-state index contributed by atoms with van der Waals surface area (Å²) in [7, 11) is 0. The van der Waals surface area contributed by atoms with Gasteiger partial charge in [-0.05, 0) is 61.6 Å². The number of amides is 1. The average Bonchev–Trinajstić information content (AvgIpc) is 3.01. The minimum absolute atomic E-state index is 0.00877. The molecule has 2 aliphatic carbocycles. The molecule has 3 N–H and O–H groups in total. The SMILES string of the molecule is Cc1ccc(C(=O)NCC2CC3CCC2C3)cc1N. The fraction of sp³-hybridized carbons (Fsp3) is 0.562. The number of benzene rings is 1. The molecule has 1 amide bonds. The smallest absolute Gasteiger partial charge is 0.251 e.